The molecule has 0 fully saturated rings. The highest BCUT2D eigenvalue weighted by atomic mass is 28.4. The lowest BCUT2D eigenvalue weighted by Crippen LogP contribution is -2.40. The molecule has 31 heavy (non-hydrogen) atoms. The summed E-state index contributed by atoms with van der Waals surface area (Å²) in [7, 11) is -1.71. The Morgan fingerprint density at radius 3 is 2.03 bits per heavy atom. The SMILES string of the molecule is CCCCCCCCCCC#CCOC(C)c1ccc(CO[Si](C)(C)C(C)(C)C)cc1. The molecule has 176 valence electrons. The van der Waals surface area contributed by atoms with Crippen molar-refractivity contribution >= 4 is 8.32 Å². The van der Waals surface area contributed by atoms with Crippen LogP contribution in [-0.4, -0.2) is 14.9 Å². The summed E-state index contributed by atoms with van der Waals surface area (Å²) < 4.78 is 12.2. The Kier molecular flexibility index (Phi) is 13.4. The molecule has 1 aromatic carbocycles. The fourth-order valence-corrected chi connectivity index (χ4v) is 4.08. The van der Waals surface area contributed by atoms with Gasteiger partial charge >= 0.3 is 0 Å². The van der Waals surface area contributed by atoms with Crippen molar-refractivity contribution in [1.82, 2.24) is 0 Å². The Morgan fingerprint density at radius 2 is 1.45 bits per heavy atom. The zero-order valence-corrected chi connectivity index (χ0v) is 22.5. The molecule has 1 aromatic rings. The van der Waals surface area contributed by atoms with Crippen LogP contribution in [0, 0.1) is 11.8 Å². The van der Waals surface area contributed by atoms with Crippen molar-refractivity contribution in [1.29, 1.82) is 0 Å². The maximum atomic E-state index is 6.32. The van der Waals surface area contributed by atoms with Gasteiger partial charge in [-0.1, -0.05) is 103 Å². The van der Waals surface area contributed by atoms with Crippen molar-refractivity contribution in [3.63, 3.8) is 0 Å². The van der Waals surface area contributed by atoms with Crippen molar-refractivity contribution < 1.29 is 9.16 Å². The van der Waals surface area contributed by atoms with Crippen molar-refractivity contribution in [3.05, 3.63) is 35.4 Å². The van der Waals surface area contributed by atoms with E-state index in [-0.39, 0.29) is 11.1 Å². The van der Waals surface area contributed by atoms with Crippen molar-refractivity contribution in [3.8, 4) is 11.8 Å². The molecule has 0 saturated heterocycles. The van der Waals surface area contributed by atoms with E-state index in [1.54, 1.807) is 0 Å². The number of hydrogen-bond acceptors (Lipinski definition) is 2. The van der Waals surface area contributed by atoms with Crippen LogP contribution in [0.1, 0.15) is 110 Å². The van der Waals surface area contributed by atoms with E-state index in [1.807, 2.05) is 0 Å². The third kappa shape index (κ3) is 11.9. The lowest BCUT2D eigenvalue weighted by atomic mass is 10.1. The van der Waals surface area contributed by atoms with Gasteiger partial charge in [-0.05, 0) is 42.6 Å². The highest BCUT2D eigenvalue weighted by Crippen LogP contribution is 2.37. The molecule has 0 radical (unpaired) electrons. The molecule has 0 aromatic heterocycles. The molecule has 0 saturated carbocycles. The largest absolute Gasteiger partial charge is 0.413 e. The predicted octanol–water partition coefficient (Wildman–Crippen LogP) is 8.82. The van der Waals surface area contributed by atoms with E-state index < -0.39 is 8.32 Å². The van der Waals surface area contributed by atoms with Gasteiger partial charge < -0.3 is 9.16 Å². The van der Waals surface area contributed by atoms with Gasteiger partial charge in [-0.3, -0.25) is 0 Å². The summed E-state index contributed by atoms with van der Waals surface area (Å²) in [6.45, 7) is 17.0. The molecule has 1 unspecified atom stereocenters. The second-order valence-corrected chi connectivity index (χ2v) is 15.1. The molecule has 0 aliphatic rings. The lowest BCUT2D eigenvalue weighted by molar-refractivity contribution is 0.0925. The van der Waals surface area contributed by atoms with Gasteiger partial charge in [-0.2, -0.15) is 0 Å². The van der Waals surface area contributed by atoms with E-state index in [1.165, 1.54) is 62.5 Å². The number of rotatable bonds is 14. The number of ether oxygens (including phenoxy) is 1. The number of hydrogen-bond donors (Lipinski definition) is 0. The first kappa shape index (κ1) is 28.0. The number of benzene rings is 1. The van der Waals surface area contributed by atoms with E-state index in [4.69, 9.17) is 9.16 Å². The maximum absolute atomic E-state index is 6.32. The molecule has 0 aliphatic carbocycles. The Labute approximate surface area is 194 Å². The van der Waals surface area contributed by atoms with Crippen LogP contribution in [0.2, 0.25) is 18.1 Å². The fourth-order valence-electron chi connectivity index (χ4n) is 3.11. The monoisotopic (exact) mass is 444 g/mol. The highest BCUT2D eigenvalue weighted by molar-refractivity contribution is 6.74. The van der Waals surface area contributed by atoms with Crippen molar-refractivity contribution in [2.45, 2.75) is 123 Å². The Bertz CT molecular complexity index is 646. The first-order chi connectivity index (χ1) is 14.7. The van der Waals surface area contributed by atoms with Crippen molar-refractivity contribution in [2.75, 3.05) is 6.61 Å². The minimum absolute atomic E-state index is 0.0628. The second-order valence-electron chi connectivity index (χ2n) is 10.3. The standard InChI is InChI=1S/C28H48O2Si/c1-8-9-10-11-12-13-14-15-16-17-18-23-29-25(2)27-21-19-26(20-22-27)24-30-31(6,7)28(3,4)5/h19-22,25H,8-16,23-24H2,1-7H3. The first-order valence-corrected chi connectivity index (χ1v) is 15.4. The van der Waals surface area contributed by atoms with Gasteiger partial charge in [0.2, 0.25) is 0 Å². The van der Waals surface area contributed by atoms with Crippen LogP contribution in [0.3, 0.4) is 0 Å². The third-order valence-corrected chi connectivity index (χ3v) is 11.0. The smallest absolute Gasteiger partial charge is 0.192 e. The van der Waals surface area contributed by atoms with Crippen LogP contribution < -0.4 is 0 Å². The first-order valence-electron chi connectivity index (χ1n) is 12.5. The summed E-state index contributed by atoms with van der Waals surface area (Å²) in [5.74, 6) is 6.45. The van der Waals surface area contributed by atoms with Gasteiger partial charge in [0.25, 0.3) is 0 Å². The predicted molar refractivity (Wildman–Crippen MR) is 138 cm³/mol. The molecule has 3 heteroatoms. The van der Waals surface area contributed by atoms with Crippen molar-refractivity contribution in [2.24, 2.45) is 0 Å². The molecular weight excluding hydrogens is 396 g/mol. The molecule has 2 nitrogen and oxygen atoms in total. The summed E-state index contributed by atoms with van der Waals surface area (Å²) in [4.78, 5) is 0. The average Bonchev–Trinajstić information content (AvgIpc) is 2.72. The average molecular weight is 445 g/mol. The molecule has 0 spiro atoms. The highest BCUT2D eigenvalue weighted by Gasteiger charge is 2.36. The van der Waals surface area contributed by atoms with Gasteiger partial charge in [0.05, 0.1) is 12.7 Å². The molecular formula is C28H48O2Si. The Hall–Kier alpha value is -1.08. The van der Waals surface area contributed by atoms with Crippen LogP contribution in [0.25, 0.3) is 0 Å². The molecule has 0 amide bonds. The van der Waals surface area contributed by atoms with E-state index in [0.29, 0.717) is 13.2 Å². The Morgan fingerprint density at radius 1 is 0.871 bits per heavy atom. The van der Waals surface area contributed by atoms with E-state index in [9.17, 15) is 0 Å². The fraction of sp³-hybridized carbons (Fsp3) is 0.714. The van der Waals surface area contributed by atoms with Gasteiger partial charge in [0.1, 0.15) is 6.61 Å². The summed E-state index contributed by atoms with van der Waals surface area (Å²) in [5.41, 5.74) is 2.42. The topological polar surface area (TPSA) is 18.5 Å². The zero-order valence-electron chi connectivity index (χ0n) is 21.5. The summed E-state index contributed by atoms with van der Waals surface area (Å²) in [6.07, 6.45) is 11.8. The van der Waals surface area contributed by atoms with E-state index in [2.05, 4.69) is 83.8 Å². The van der Waals surface area contributed by atoms with Gasteiger partial charge in [0, 0.05) is 6.42 Å². The molecule has 1 rings (SSSR count). The summed E-state index contributed by atoms with van der Waals surface area (Å²) in [6, 6.07) is 8.64. The minimum atomic E-state index is -1.71. The summed E-state index contributed by atoms with van der Waals surface area (Å²) >= 11 is 0. The zero-order chi connectivity index (χ0) is 23.2. The van der Waals surface area contributed by atoms with E-state index in [0.717, 1.165) is 6.42 Å². The van der Waals surface area contributed by atoms with E-state index >= 15 is 0 Å². The number of unbranched alkanes of at least 4 members (excludes halogenated alkanes) is 8. The van der Waals surface area contributed by atoms with Gasteiger partial charge in [-0.25, -0.2) is 0 Å². The van der Waals surface area contributed by atoms with Crippen LogP contribution in [0.4, 0.5) is 0 Å². The third-order valence-electron chi connectivity index (χ3n) is 6.54. The molecule has 0 bridgehead atoms. The van der Waals surface area contributed by atoms with Crippen LogP contribution in [0.15, 0.2) is 24.3 Å². The minimum Gasteiger partial charge on any atom is -0.413 e. The van der Waals surface area contributed by atoms with Gasteiger partial charge in [-0.15, -0.1) is 5.92 Å². The lowest BCUT2D eigenvalue weighted by Gasteiger charge is -2.36. The van der Waals surface area contributed by atoms with Gasteiger partial charge in [0.15, 0.2) is 8.32 Å². The molecule has 1 atom stereocenters. The Balaban J connectivity index is 2.23. The van der Waals surface area contributed by atoms with Crippen LogP contribution in [-0.2, 0) is 15.8 Å². The second kappa shape index (κ2) is 14.9. The normalized spacial score (nSPS) is 13.0. The molecule has 0 aliphatic heterocycles. The van der Waals surface area contributed by atoms with Crippen LogP contribution in [0.5, 0.6) is 0 Å². The molecule has 0 heterocycles. The summed E-state index contributed by atoms with van der Waals surface area (Å²) in [5, 5.41) is 0.241. The quantitative estimate of drug-likeness (QED) is 0.162. The maximum Gasteiger partial charge on any atom is 0.192 e. The molecule has 0 N–H and O–H groups in total. The van der Waals surface area contributed by atoms with Crippen LogP contribution >= 0.6 is 0 Å².